The number of nitrogens with one attached hydrogen (secondary N) is 2. The molecule has 0 spiro atoms. The lowest BCUT2D eigenvalue weighted by Crippen LogP contribution is -2.56. The van der Waals surface area contributed by atoms with Crippen LogP contribution < -0.4 is 40.5 Å². The SMILES string of the molecule is CC1(C)OC[C@H](COc2cnc(N)cn2)O1.CC1(C)OC[C@H](COc2cnc(NC(=O)N3c4nc(-c5cccc(C(F)(F)F)c5)ncc4N4CCC[C@H]3C4)cn2)O1.FC(F)(F)c1cccc(-c2ncc3c(n2)N[C@H]2CCCN3C2)c1.S.S.S.S. The highest BCUT2D eigenvalue weighted by molar-refractivity contribution is 7.59. The molecule has 10 heterocycles. The smallest absolute Gasteiger partial charge is 0.416 e. The average molecular weight is 1250 g/mol. The van der Waals surface area contributed by atoms with Crippen LogP contribution in [-0.4, -0.2) is 134 Å². The Labute approximate surface area is 508 Å². The number of urea groups is 1. The van der Waals surface area contributed by atoms with Gasteiger partial charge in [0.1, 0.15) is 31.2 Å². The Morgan fingerprint density at radius 1 is 0.679 bits per heavy atom. The Hall–Kier alpha value is -6.35. The number of nitrogens with two attached hydrogens (primary N) is 1. The third kappa shape index (κ3) is 16.5. The summed E-state index contributed by atoms with van der Waals surface area (Å²) < 4.78 is 112. The number of ether oxygens (including phenoxy) is 6. The van der Waals surface area contributed by atoms with Gasteiger partial charge in [0.05, 0.1) is 78.9 Å². The van der Waals surface area contributed by atoms with Crippen LogP contribution in [-0.2, 0) is 31.3 Å². The summed E-state index contributed by atoms with van der Waals surface area (Å²) in [5.74, 6) is 1.53. The van der Waals surface area contributed by atoms with Gasteiger partial charge in [0.25, 0.3) is 0 Å². The van der Waals surface area contributed by atoms with E-state index >= 15 is 0 Å². The Balaban J connectivity index is 0.000000222. The second-order valence-electron chi connectivity index (χ2n) is 20.5. The topological polar surface area (TPSA) is 235 Å². The van der Waals surface area contributed by atoms with E-state index < -0.39 is 41.1 Å². The van der Waals surface area contributed by atoms with Gasteiger partial charge in [-0.2, -0.15) is 80.3 Å². The van der Waals surface area contributed by atoms with Gasteiger partial charge in [-0.15, -0.1) is 0 Å². The number of carbonyl (C=O) groups is 1. The number of nitrogen functional groups attached to an aromatic ring is 1. The van der Waals surface area contributed by atoms with Crippen molar-refractivity contribution in [3.05, 3.63) is 96.8 Å². The quantitative estimate of drug-likeness (QED) is 0.114. The second kappa shape index (κ2) is 27.8. The van der Waals surface area contributed by atoms with E-state index in [-0.39, 0.29) is 102 Å². The number of alkyl halides is 6. The minimum atomic E-state index is -4.50. The largest absolute Gasteiger partial charge is 0.474 e. The average Bonchev–Trinajstić information content (AvgIpc) is 4.12. The van der Waals surface area contributed by atoms with Crippen LogP contribution >= 0.6 is 54.0 Å². The van der Waals surface area contributed by atoms with Crippen molar-refractivity contribution in [2.24, 2.45) is 0 Å². The van der Waals surface area contributed by atoms with Crippen LogP contribution in [0.3, 0.4) is 0 Å². The highest BCUT2D eigenvalue weighted by Gasteiger charge is 2.40. The van der Waals surface area contributed by atoms with Crippen LogP contribution in [0.15, 0.2) is 85.7 Å². The monoisotopic (exact) mass is 1250 g/mol. The van der Waals surface area contributed by atoms with Gasteiger partial charge in [0.15, 0.2) is 40.7 Å². The molecule has 0 radical (unpaired) electrons. The number of benzene rings is 2. The molecule has 6 aliphatic heterocycles. The Morgan fingerprint density at radius 3 is 1.74 bits per heavy atom. The van der Waals surface area contributed by atoms with Crippen molar-refractivity contribution in [2.45, 2.75) is 102 Å². The molecule has 2 aromatic carbocycles. The fraction of sp³-hybridized carbons (Fsp3) is 0.453. The van der Waals surface area contributed by atoms with Crippen molar-refractivity contribution < 1.29 is 59.6 Å². The predicted octanol–water partition coefficient (Wildman–Crippen LogP) is 9.10. The molecule has 21 nitrogen and oxygen atoms in total. The molecule has 6 aliphatic rings. The van der Waals surface area contributed by atoms with Crippen molar-refractivity contribution in [3.8, 4) is 34.5 Å². The predicted molar refractivity (Wildman–Crippen MR) is 321 cm³/mol. The first-order valence-electron chi connectivity index (χ1n) is 25.9. The molecule has 4 aromatic heterocycles. The molecule has 4 bridgehead atoms. The molecule has 4 fully saturated rings. The summed E-state index contributed by atoms with van der Waals surface area (Å²) in [6, 6.07) is 9.62. The summed E-state index contributed by atoms with van der Waals surface area (Å²) in [6.07, 6.45) is 3.60. The van der Waals surface area contributed by atoms with E-state index in [9.17, 15) is 31.1 Å². The molecular formula is C53H66F6N14O7S4. The zero-order valence-electron chi connectivity index (χ0n) is 46.0. The normalized spacial score (nSPS) is 20.3. The first kappa shape index (κ1) is 66.8. The number of hydrogen-bond acceptors (Lipinski definition) is 19. The van der Waals surface area contributed by atoms with Crippen LogP contribution in [0.5, 0.6) is 11.8 Å². The number of nitrogens with zero attached hydrogens (tertiary/aromatic N) is 11. The molecule has 0 unspecified atom stereocenters. The molecule has 456 valence electrons. The molecule has 84 heavy (non-hydrogen) atoms. The molecule has 4 N–H and O–H groups in total. The maximum absolute atomic E-state index is 13.6. The minimum Gasteiger partial charge on any atom is -0.474 e. The Morgan fingerprint density at radius 2 is 1.21 bits per heavy atom. The Kier molecular flexibility index (Phi) is 22.1. The standard InChI is InChI=1S/C27H28F3N7O4.C16H15F3N4.C10H15N3O3.4H2S/c1-26(2)40-15-19(41-26)14-39-22-12-31-21(11-32-22)34-25(38)37-18-7-4-8-36(13-18)20-10-33-23(35-24(20)37)16-5-3-6-17(9-16)27(28,29)30;17-16(18,19)11-4-1-3-10(7-11)14-20-8-13-15(22-14)21-12-5-2-6-23(13)9-12;1-10(2)15-6-7(16-10)5-14-9-4-12-8(11)3-13-9;;;;/h3,5-6,9-12,18-19H,4,7-8,13-15H2,1-2H3,(H,31,34,38);1,3-4,7-8,12H,2,5-6,9H2,(H,20,21,22);3-4,7H,5-6H2,1-2H3,(H2,11,12);4*1H2/t18-,19-;12-;7-;;;;/m000..../s1. The third-order valence-electron chi connectivity index (χ3n) is 13.5. The summed E-state index contributed by atoms with van der Waals surface area (Å²) in [5, 5.41) is 6.13. The lowest BCUT2D eigenvalue weighted by atomic mass is 10.0. The van der Waals surface area contributed by atoms with Gasteiger partial charge in [0.2, 0.25) is 11.8 Å². The summed E-state index contributed by atoms with van der Waals surface area (Å²) in [7, 11) is 0. The van der Waals surface area contributed by atoms with Gasteiger partial charge in [-0.1, -0.05) is 24.3 Å². The van der Waals surface area contributed by atoms with E-state index in [1.165, 1.54) is 47.9 Å². The molecule has 4 saturated heterocycles. The number of amides is 2. The molecular weight excluding hydrogens is 1190 g/mol. The van der Waals surface area contributed by atoms with Gasteiger partial charge < -0.3 is 49.3 Å². The van der Waals surface area contributed by atoms with Crippen molar-refractivity contribution in [1.29, 1.82) is 0 Å². The number of rotatable bonds is 9. The van der Waals surface area contributed by atoms with Gasteiger partial charge in [-0.3, -0.25) is 10.2 Å². The number of aromatic nitrogens is 8. The first-order chi connectivity index (χ1) is 38.1. The van der Waals surface area contributed by atoms with Gasteiger partial charge in [0, 0.05) is 43.3 Å². The Bertz CT molecular complexity index is 3170. The molecule has 6 aromatic rings. The lowest BCUT2D eigenvalue weighted by molar-refractivity contribution is -0.142. The number of hydrogen-bond donors (Lipinski definition) is 3. The second-order valence-corrected chi connectivity index (χ2v) is 20.5. The number of anilines is 6. The molecule has 4 atom stereocenters. The van der Waals surface area contributed by atoms with E-state index in [0.717, 1.165) is 75.3 Å². The number of piperidine rings is 2. The van der Waals surface area contributed by atoms with Crippen LogP contribution in [0.25, 0.3) is 22.8 Å². The van der Waals surface area contributed by atoms with E-state index in [4.69, 9.17) is 34.2 Å². The van der Waals surface area contributed by atoms with Crippen LogP contribution in [0, 0.1) is 0 Å². The van der Waals surface area contributed by atoms with Crippen LogP contribution in [0.2, 0.25) is 0 Å². The lowest BCUT2D eigenvalue weighted by Gasteiger charge is -2.45. The number of halogens is 6. The molecule has 0 saturated carbocycles. The third-order valence-corrected chi connectivity index (χ3v) is 13.5. The van der Waals surface area contributed by atoms with Crippen LogP contribution in [0.4, 0.5) is 65.8 Å². The van der Waals surface area contributed by atoms with E-state index in [1.54, 1.807) is 18.5 Å². The summed E-state index contributed by atoms with van der Waals surface area (Å²) in [4.78, 5) is 53.4. The molecule has 0 aliphatic carbocycles. The van der Waals surface area contributed by atoms with Gasteiger partial charge in [-0.05, 0) is 77.6 Å². The highest BCUT2D eigenvalue weighted by Crippen LogP contribution is 2.40. The zero-order valence-corrected chi connectivity index (χ0v) is 50.0. The summed E-state index contributed by atoms with van der Waals surface area (Å²) in [5.41, 5.74) is 6.06. The van der Waals surface area contributed by atoms with E-state index in [0.29, 0.717) is 72.8 Å². The number of carbonyl (C=O) groups excluding carboxylic acids is 1. The van der Waals surface area contributed by atoms with E-state index in [1.807, 2.05) is 27.7 Å². The fourth-order valence-electron chi connectivity index (χ4n) is 9.83. The number of fused-ring (bicyclic) bond motifs is 8. The minimum absolute atomic E-state index is 0. The molecule has 2 amide bonds. The molecule has 31 heteroatoms. The maximum atomic E-state index is 13.6. The van der Waals surface area contributed by atoms with E-state index in [2.05, 4.69) is 60.3 Å². The van der Waals surface area contributed by atoms with Gasteiger partial charge >= 0.3 is 18.4 Å². The maximum Gasteiger partial charge on any atom is 0.416 e. The summed E-state index contributed by atoms with van der Waals surface area (Å²) >= 11 is 0. The highest BCUT2D eigenvalue weighted by atomic mass is 32.1. The zero-order chi connectivity index (χ0) is 56.4. The van der Waals surface area contributed by atoms with Crippen molar-refractivity contribution in [1.82, 2.24) is 39.9 Å². The van der Waals surface area contributed by atoms with Crippen molar-refractivity contribution >= 4 is 94.7 Å². The van der Waals surface area contributed by atoms with Crippen molar-refractivity contribution in [2.75, 3.05) is 83.7 Å². The fourth-order valence-corrected chi connectivity index (χ4v) is 9.83. The first-order valence-corrected chi connectivity index (χ1v) is 25.9. The van der Waals surface area contributed by atoms with Crippen LogP contribution in [0.1, 0.15) is 64.5 Å². The van der Waals surface area contributed by atoms with Gasteiger partial charge in [-0.25, -0.2) is 44.7 Å². The van der Waals surface area contributed by atoms with Crippen molar-refractivity contribution in [3.63, 3.8) is 0 Å². The molecule has 12 rings (SSSR count). The summed E-state index contributed by atoms with van der Waals surface area (Å²) in [6.45, 7) is 12.2.